The van der Waals surface area contributed by atoms with Crippen molar-refractivity contribution in [2.24, 2.45) is 0 Å². The lowest BCUT2D eigenvalue weighted by molar-refractivity contribution is -0.141. The standard InChI is InChI=1S/C18H28BF3NO3S/c1-15(2,3)27(8)24-11-12-9-14(18(20,21)22)23-10-13(12)19-25-16(4,5)17(6,7)26-19/h9-10H,11H2,1-8H3/q+1. The quantitative estimate of drug-likeness (QED) is 0.562. The Kier molecular flexibility index (Phi) is 6.04. The summed E-state index contributed by atoms with van der Waals surface area (Å²) in [7, 11) is -0.795. The molecular weight excluding hydrogens is 378 g/mol. The summed E-state index contributed by atoms with van der Waals surface area (Å²) in [6.45, 7) is 13.7. The minimum atomic E-state index is -4.53. The van der Waals surface area contributed by atoms with E-state index in [4.69, 9.17) is 13.5 Å². The van der Waals surface area contributed by atoms with Gasteiger partial charge in [0.15, 0.2) is 4.75 Å². The summed E-state index contributed by atoms with van der Waals surface area (Å²) in [5, 5.41) is 0. The molecule has 1 unspecified atom stereocenters. The molecule has 0 aromatic carbocycles. The molecule has 1 aliphatic rings. The molecule has 4 nitrogen and oxygen atoms in total. The third-order valence-corrected chi connectivity index (χ3v) is 7.27. The van der Waals surface area contributed by atoms with Gasteiger partial charge in [0.25, 0.3) is 0 Å². The first-order chi connectivity index (χ1) is 12.0. The molecule has 1 aromatic rings. The van der Waals surface area contributed by atoms with Gasteiger partial charge in [-0.3, -0.25) is 4.98 Å². The molecule has 27 heavy (non-hydrogen) atoms. The van der Waals surface area contributed by atoms with Crippen LogP contribution in [-0.2, 0) is 37.5 Å². The molecule has 0 radical (unpaired) electrons. The zero-order valence-corrected chi connectivity index (χ0v) is 18.0. The first kappa shape index (κ1) is 22.5. The molecule has 1 aliphatic heterocycles. The Morgan fingerprint density at radius 1 is 1.11 bits per heavy atom. The van der Waals surface area contributed by atoms with Gasteiger partial charge in [-0.1, -0.05) is 0 Å². The van der Waals surface area contributed by atoms with E-state index in [1.165, 1.54) is 6.20 Å². The second kappa shape index (κ2) is 7.24. The number of halogens is 3. The van der Waals surface area contributed by atoms with Gasteiger partial charge in [-0.2, -0.15) is 17.4 Å². The number of nitrogens with zero attached hydrogens (tertiary/aromatic N) is 1. The van der Waals surface area contributed by atoms with Crippen molar-refractivity contribution in [3.8, 4) is 0 Å². The summed E-state index contributed by atoms with van der Waals surface area (Å²) in [4.78, 5) is 3.59. The average Bonchev–Trinajstić information content (AvgIpc) is 2.70. The van der Waals surface area contributed by atoms with E-state index >= 15 is 0 Å². The van der Waals surface area contributed by atoms with Gasteiger partial charge in [0.1, 0.15) is 29.7 Å². The molecule has 1 atom stereocenters. The molecule has 0 N–H and O–H groups in total. The highest BCUT2D eigenvalue weighted by molar-refractivity contribution is 7.92. The van der Waals surface area contributed by atoms with Crippen LogP contribution < -0.4 is 5.46 Å². The summed E-state index contributed by atoms with van der Waals surface area (Å²) in [6, 6.07) is 1.03. The van der Waals surface area contributed by atoms with Gasteiger partial charge < -0.3 is 9.31 Å². The largest absolute Gasteiger partial charge is 0.496 e. The summed E-state index contributed by atoms with van der Waals surface area (Å²) >= 11 is -0.439. The first-order valence-electron chi connectivity index (χ1n) is 8.75. The minimum Gasteiger partial charge on any atom is -0.399 e. The number of pyridine rings is 1. The monoisotopic (exact) mass is 406 g/mol. The second-order valence-electron chi connectivity index (χ2n) is 8.68. The maximum absolute atomic E-state index is 13.1. The lowest BCUT2D eigenvalue weighted by atomic mass is 9.77. The molecule has 0 aliphatic carbocycles. The van der Waals surface area contributed by atoms with E-state index in [1.807, 2.05) is 54.7 Å². The molecule has 2 rings (SSSR count). The third-order valence-electron chi connectivity index (χ3n) is 5.08. The SMILES string of the molecule is C[S+](OCc1cc(C(F)(F)F)ncc1B1OC(C)(C)C(C)(C)O1)C(C)(C)C. The van der Waals surface area contributed by atoms with E-state index in [9.17, 15) is 13.2 Å². The van der Waals surface area contributed by atoms with Crippen molar-refractivity contribution in [2.75, 3.05) is 6.26 Å². The van der Waals surface area contributed by atoms with Crippen LogP contribution in [0, 0.1) is 0 Å². The van der Waals surface area contributed by atoms with Crippen molar-refractivity contribution >= 4 is 23.8 Å². The van der Waals surface area contributed by atoms with Crippen LogP contribution in [0.1, 0.15) is 59.7 Å². The Morgan fingerprint density at radius 3 is 2.07 bits per heavy atom. The minimum absolute atomic E-state index is 0.0297. The molecule has 1 fully saturated rings. The van der Waals surface area contributed by atoms with Crippen molar-refractivity contribution in [3.05, 3.63) is 23.5 Å². The van der Waals surface area contributed by atoms with Crippen molar-refractivity contribution in [1.82, 2.24) is 4.98 Å². The second-order valence-corrected chi connectivity index (χ2v) is 11.1. The van der Waals surface area contributed by atoms with Crippen LogP contribution in [0.5, 0.6) is 0 Å². The number of rotatable bonds is 4. The highest BCUT2D eigenvalue weighted by Gasteiger charge is 2.52. The first-order valence-corrected chi connectivity index (χ1v) is 10.3. The molecule has 9 heteroatoms. The number of hydrogen-bond donors (Lipinski definition) is 0. The summed E-state index contributed by atoms with van der Waals surface area (Å²) in [6.07, 6.45) is -1.41. The molecular formula is C18H28BF3NO3S+. The van der Waals surface area contributed by atoms with Gasteiger partial charge in [-0.25, -0.2) is 0 Å². The van der Waals surface area contributed by atoms with E-state index in [-0.39, 0.29) is 11.4 Å². The van der Waals surface area contributed by atoms with Crippen LogP contribution >= 0.6 is 0 Å². The maximum Gasteiger partial charge on any atom is 0.496 e. The Hall–Kier alpha value is -0.765. The van der Waals surface area contributed by atoms with Crippen molar-refractivity contribution in [1.29, 1.82) is 0 Å². The maximum atomic E-state index is 13.1. The van der Waals surface area contributed by atoms with Crippen LogP contribution in [0.3, 0.4) is 0 Å². The third kappa shape index (κ3) is 4.99. The fourth-order valence-corrected chi connectivity index (χ4v) is 2.96. The van der Waals surface area contributed by atoms with E-state index in [0.29, 0.717) is 11.0 Å². The number of hydrogen-bond acceptors (Lipinski definition) is 4. The van der Waals surface area contributed by atoms with Crippen molar-refractivity contribution in [3.63, 3.8) is 0 Å². The lowest BCUT2D eigenvalue weighted by Gasteiger charge is -2.32. The Labute approximate surface area is 162 Å². The van der Waals surface area contributed by atoms with Crippen LogP contribution in [0.2, 0.25) is 0 Å². The van der Waals surface area contributed by atoms with Gasteiger partial charge in [0, 0.05) is 11.7 Å². The topological polar surface area (TPSA) is 40.6 Å². The Balaban J connectivity index is 2.37. The van der Waals surface area contributed by atoms with Gasteiger partial charge in [0.05, 0.1) is 11.2 Å². The Bertz CT molecular complexity index is 673. The molecule has 1 aromatic heterocycles. The predicted molar refractivity (Wildman–Crippen MR) is 103 cm³/mol. The highest BCUT2D eigenvalue weighted by atomic mass is 32.2. The van der Waals surface area contributed by atoms with E-state index in [2.05, 4.69) is 4.98 Å². The highest BCUT2D eigenvalue weighted by Crippen LogP contribution is 2.37. The number of alkyl halides is 3. The molecule has 152 valence electrons. The van der Waals surface area contributed by atoms with Gasteiger partial charge in [-0.15, -0.1) is 0 Å². The summed E-state index contributed by atoms with van der Waals surface area (Å²) in [5.41, 5.74) is -1.31. The van der Waals surface area contributed by atoms with Crippen molar-refractivity contribution in [2.45, 2.75) is 77.2 Å². The predicted octanol–water partition coefficient (Wildman–Crippen LogP) is 3.88. The van der Waals surface area contributed by atoms with Gasteiger partial charge in [-0.05, 0) is 60.1 Å². The molecule has 0 amide bonds. The van der Waals surface area contributed by atoms with E-state index < -0.39 is 41.4 Å². The van der Waals surface area contributed by atoms with Gasteiger partial charge in [0.2, 0.25) is 0 Å². The van der Waals surface area contributed by atoms with Crippen LogP contribution in [-0.4, -0.2) is 34.3 Å². The molecule has 0 saturated carbocycles. The molecule has 2 heterocycles. The lowest BCUT2D eigenvalue weighted by Crippen LogP contribution is -2.41. The molecule has 0 spiro atoms. The van der Waals surface area contributed by atoms with Crippen LogP contribution in [0.25, 0.3) is 0 Å². The molecule has 0 bridgehead atoms. The fourth-order valence-electron chi connectivity index (χ4n) is 2.30. The smallest absolute Gasteiger partial charge is 0.399 e. The normalized spacial score (nSPS) is 20.8. The average molecular weight is 406 g/mol. The zero-order valence-electron chi connectivity index (χ0n) is 17.2. The number of aromatic nitrogens is 1. The van der Waals surface area contributed by atoms with E-state index in [1.54, 1.807) is 0 Å². The fraction of sp³-hybridized carbons (Fsp3) is 0.722. The van der Waals surface area contributed by atoms with Crippen LogP contribution in [0.4, 0.5) is 13.2 Å². The summed E-state index contributed by atoms with van der Waals surface area (Å²) < 4.78 is 57.2. The van der Waals surface area contributed by atoms with Crippen LogP contribution in [0.15, 0.2) is 12.3 Å². The summed E-state index contributed by atoms with van der Waals surface area (Å²) in [5.74, 6) is 0. The zero-order chi connectivity index (χ0) is 20.8. The van der Waals surface area contributed by atoms with Crippen molar-refractivity contribution < 1.29 is 26.7 Å². The van der Waals surface area contributed by atoms with Gasteiger partial charge >= 0.3 is 13.3 Å². The Morgan fingerprint density at radius 2 is 1.63 bits per heavy atom. The van der Waals surface area contributed by atoms with E-state index in [0.717, 1.165) is 6.07 Å². The molecule has 1 saturated heterocycles.